The van der Waals surface area contributed by atoms with Crippen molar-refractivity contribution in [2.24, 2.45) is 11.3 Å². The van der Waals surface area contributed by atoms with E-state index in [0.717, 1.165) is 12.0 Å². The van der Waals surface area contributed by atoms with E-state index in [1.807, 2.05) is 0 Å². The molecule has 2 aliphatic rings. The van der Waals surface area contributed by atoms with Gasteiger partial charge in [0.2, 0.25) is 0 Å². The minimum atomic E-state index is 0.571. The highest BCUT2D eigenvalue weighted by Gasteiger charge is 2.38. The van der Waals surface area contributed by atoms with Crippen molar-refractivity contribution in [1.82, 2.24) is 10.2 Å². The van der Waals surface area contributed by atoms with Crippen molar-refractivity contribution in [3.05, 3.63) is 0 Å². The molecule has 106 valence electrons. The molecule has 0 spiro atoms. The Labute approximate surface area is 114 Å². The third kappa shape index (κ3) is 3.08. The maximum absolute atomic E-state index is 3.75. The lowest BCUT2D eigenvalue weighted by atomic mass is 9.90. The topological polar surface area (TPSA) is 15.3 Å². The van der Waals surface area contributed by atoms with Gasteiger partial charge in [-0.25, -0.2) is 0 Å². The molecule has 1 aliphatic carbocycles. The largest absolute Gasteiger partial charge is 0.311 e. The van der Waals surface area contributed by atoms with Gasteiger partial charge in [-0.3, -0.25) is 4.90 Å². The number of hydrogen-bond donors (Lipinski definition) is 1. The van der Waals surface area contributed by atoms with Crippen LogP contribution in [0.5, 0.6) is 0 Å². The molecule has 0 aromatic carbocycles. The van der Waals surface area contributed by atoms with Gasteiger partial charge in [0.15, 0.2) is 0 Å². The van der Waals surface area contributed by atoms with Crippen LogP contribution in [0.2, 0.25) is 0 Å². The lowest BCUT2D eigenvalue weighted by Gasteiger charge is -2.44. The summed E-state index contributed by atoms with van der Waals surface area (Å²) in [6.45, 7) is 14.4. The van der Waals surface area contributed by atoms with Crippen LogP contribution in [0.25, 0.3) is 0 Å². The van der Waals surface area contributed by atoms with Gasteiger partial charge in [-0.1, -0.05) is 34.1 Å². The summed E-state index contributed by atoms with van der Waals surface area (Å²) in [7, 11) is 0. The van der Waals surface area contributed by atoms with Crippen molar-refractivity contribution < 1.29 is 0 Å². The van der Waals surface area contributed by atoms with E-state index in [1.54, 1.807) is 0 Å². The first-order valence-electron chi connectivity index (χ1n) is 7.92. The molecular weight excluding hydrogens is 220 g/mol. The molecule has 4 unspecified atom stereocenters. The van der Waals surface area contributed by atoms with Crippen molar-refractivity contribution in [1.29, 1.82) is 0 Å². The molecule has 18 heavy (non-hydrogen) atoms. The van der Waals surface area contributed by atoms with Gasteiger partial charge < -0.3 is 5.32 Å². The highest BCUT2D eigenvalue weighted by molar-refractivity contribution is 4.95. The summed E-state index contributed by atoms with van der Waals surface area (Å²) in [6.07, 6.45) is 5.49. The Morgan fingerprint density at radius 3 is 2.67 bits per heavy atom. The molecule has 1 heterocycles. The highest BCUT2D eigenvalue weighted by Crippen LogP contribution is 2.40. The van der Waals surface area contributed by atoms with Crippen molar-refractivity contribution in [2.75, 3.05) is 13.1 Å². The Morgan fingerprint density at radius 2 is 2.11 bits per heavy atom. The molecule has 0 aromatic heterocycles. The SMILES string of the molecule is CCC(C)C1CN(C2CCC(C)(C)C2)C(C)CN1. The average Bonchev–Trinajstić information content (AvgIpc) is 2.69. The predicted octanol–water partition coefficient (Wildman–Crippen LogP) is 3.27. The summed E-state index contributed by atoms with van der Waals surface area (Å²) in [5.74, 6) is 0.800. The zero-order valence-corrected chi connectivity index (χ0v) is 13.0. The zero-order chi connectivity index (χ0) is 13.3. The molecule has 0 amide bonds. The van der Waals surface area contributed by atoms with Crippen LogP contribution in [0.3, 0.4) is 0 Å². The summed E-state index contributed by atoms with van der Waals surface area (Å²) in [4.78, 5) is 2.81. The third-order valence-corrected chi connectivity index (χ3v) is 5.39. The monoisotopic (exact) mass is 252 g/mol. The molecule has 1 saturated carbocycles. The van der Waals surface area contributed by atoms with Gasteiger partial charge in [0, 0.05) is 31.2 Å². The van der Waals surface area contributed by atoms with Gasteiger partial charge >= 0.3 is 0 Å². The van der Waals surface area contributed by atoms with Gasteiger partial charge in [0.25, 0.3) is 0 Å². The van der Waals surface area contributed by atoms with Gasteiger partial charge in [0.1, 0.15) is 0 Å². The number of nitrogens with zero attached hydrogens (tertiary/aromatic N) is 1. The van der Waals surface area contributed by atoms with E-state index in [0.29, 0.717) is 17.5 Å². The second-order valence-electron chi connectivity index (χ2n) is 7.51. The number of hydrogen-bond acceptors (Lipinski definition) is 2. The van der Waals surface area contributed by atoms with E-state index >= 15 is 0 Å². The fourth-order valence-corrected chi connectivity index (χ4v) is 3.77. The van der Waals surface area contributed by atoms with Crippen LogP contribution in [-0.2, 0) is 0 Å². The van der Waals surface area contributed by atoms with Crippen LogP contribution in [0, 0.1) is 11.3 Å². The number of piperazine rings is 1. The fraction of sp³-hybridized carbons (Fsp3) is 1.00. The molecule has 0 aromatic rings. The summed E-state index contributed by atoms with van der Waals surface area (Å²) < 4.78 is 0. The summed E-state index contributed by atoms with van der Waals surface area (Å²) in [5.41, 5.74) is 0.571. The van der Waals surface area contributed by atoms with Crippen LogP contribution < -0.4 is 5.32 Å². The third-order valence-electron chi connectivity index (χ3n) is 5.39. The quantitative estimate of drug-likeness (QED) is 0.829. The lowest BCUT2D eigenvalue weighted by molar-refractivity contribution is 0.0727. The first-order valence-corrected chi connectivity index (χ1v) is 7.92. The summed E-state index contributed by atoms with van der Waals surface area (Å²) >= 11 is 0. The van der Waals surface area contributed by atoms with Crippen molar-refractivity contribution in [2.45, 2.75) is 78.4 Å². The Balaban J connectivity index is 1.98. The standard InChI is InChI=1S/C16H32N2/c1-6-12(2)15-11-18(13(3)10-17-15)14-7-8-16(4,5)9-14/h12-15,17H,6-11H2,1-5H3. The fourth-order valence-electron chi connectivity index (χ4n) is 3.77. The lowest BCUT2D eigenvalue weighted by Crippen LogP contribution is -2.59. The first-order chi connectivity index (χ1) is 8.43. The maximum atomic E-state index is 3.75. The minimum absolute atomic E-state index is 0.571. The van der Waals surface area contributed by atoms with E-state index < -0.39 is 0 Å². The van der Waals surface area contributed by atoms with Crippen LogP contribution in [0.15, 0.2) is 0 Å². The predicted molar refractivity (Wildman–Crippen MR) is 78.8 cm³/mol. The smallest absolute Gasteiger partial charge is 0.0221 e. The zero-order valence-electron chi connectivity index (χ0n) is 13.0. The maximum Gasteiger partial charge on any atom is 0.0221 e. The molecule has 4 atom stereocenters. The molecule has 0 radical (unpaired) electrons. The number of nitrogens with one attached hydrogen (secondary N) is 1. The van der Waals surface area contributed by atoms with E-state index in [1.165, 1.54) is 38.8 Å². The van der Waals surface area contributed by atoms with E-state index in [9.17, 15) is 0 Å². The average molecular weight is 252 g/mol. The first kappa shape index (κ1) is 14.3. The van der Waals surface area contributed by atoms with Crippen LogP contribution in [0.1, 0.15) is 60.3 Å². The van der Waals surface area contributed by atoms with Crippen LogP contribution in [-0.4, -0.2) is 36.1 Å². The van der Waals surface area contributed by atoms with Crippen molar-refractivity contribution in [3.63, 3.8) is 0 Å². The molecule has 2 nitrogen and oxygen atoms in total. The van der Waals surface area contributed by atoms with Crippen molar-refractivity contribution in [3.8, 4) is 0 Å². The summed E-state index contributed by atoms with van der Waals surface area (Å²) in [5, 5.41) is 3.75. The van der Waals surface area contributed by atoms with E-state index in [-0.39, 0.29) is 0 Å². The highest BCUT2D eigenvalue weighted by atomic mass is 15.3. The molecule has 2 heteroatoms. The summed E-state index contributed by atoms with van der Waals surface area (Å²) in [6, 6.07) is 2.25. The Morgan fingerprint density at radius 1 is 1.39 bits per heavy atom. The molecule has 2 fully saturated rings. The van der Waals surface area contributed by atoms with Gasteiger partial charge in [-0.05, 0) is 37.5 Å². The molecule has 1 N–H and O–H groups in total. The normalized spacial score (nSPS) is 38.8. The van der Waals surface area contributed by atoms with Crippen LogP contribution >= 0.6 is 0 Å². The van der Waals surface area contributed by atoms with E-state index in [4.69, 9.17) is 0 Å². The molecule has 1 saturated heterocycles. The molecular formula is C16H32N2. The minimum Gasteiger partial charge on any atom is -0.311 e. The van der Waals surface area contributed by atoms with Gasteiger partial charge in [-0.2, -0.15) is 0 Å². The second kappa shape index (κ2) is 5.50. The Kier molecular flexibility index (Phi) is 4.38. The second-order valence-corrected chi connectivity index (χ2v) is 7.51. The van der Waals surface area contributed by atoms with Crippen molar-refractivity contribution >= 4 is 0 Å². The Bertz CT molecular complexity index is 274. The molecule has 1 aliphatic heterocycles. The molecule has 2 rings (SSSR count). The molecule has 0 bridgehead atoms. The Hall–Kier alpha value is -0.0800. The number of rotatable bonds is 3. The van der Waals surface area contributed by atoms with Crippen LogP contribution in [0.4, 0.5) is 0 Å². The van der Waals surface area contributed by atoms with Gasteiger partial charge in [-0.15, -0.1) is 0 Å². The van der Waals surface area contributed by atoms with E-state index in [2.05, 4.69) is 44.8 Å². The van der Waals surface area contributed by atoms with Gasteiger partial charge in [0.05, 0.1) is 0 Å².